The third kappa shape index (κ3) is 21.2. The summed E-state index contributed by atoms with van der Waals surface area (Å²) in [7, 11) is 0. The summed E-state index contributed by atoms with van der Waals surface area (Å²) in [6.45, 7) is 21.6. The molecule has 0 radical (unpaired) electrons. The zero-order chi connectivity index (χ0) is 29.8. The Morgan fingerprint density at radius 1 is 0.175 bits per heavy atom. The summed E-state index contributed by atoms with van der Waals surface area (Å²) in [5, 5.41) is 0. The summed E-state index contributed by atoms with van der Waals surface area (Å²) < 4.78 is 0. The lowest BCUT2D eigenvalue weighted by atomic mass is 10.3. The number of hydrogen-bond donors (Lipinski definition) is 8. The maximum atomic E-state index is 5.86. The normalized spacial score (nSPS) is 12.4. The van der Waals surface area contributed by atoms with Crippen molar-refractivity contribution in [3.63, 3.8) is 0 Å². The highest BCUT2D eigenvalue weighted by atomic mass is 15.3. The molecule has 0 aromatic carbocycles. The second-order valence-electron chi connectivity index (χ2n) is 10.4. The lowest BCUT2D eigenvalue weighted by molar-refractivity contribution is 0.140. The van der Waals surface area contributed by atoms with Gasteiger partial charge >= 0.3 is 0 Å². The Bertz CT molecular complexity index is 410. The van der Waals surface area contributed by atoms with E-state index in [-0.39, 0.29) is 0 Å². The number of rotatable bonds is 31. The average molecular weight is 577 g/mol. The second kappa shape index (κ2) is 28.6. The highest BCUT2D eigenvalue weighted by Crippen LogP contribution is 2.00. The molecule has 16 N–H and O–H groups in total. The zero-order valence-corrected chi connectivity index (χ0v) is 25.7. The molecule has 14 nitrogen and oxygen atoms in total. The van der Waals surface area contributed by atoms with Crippen LogP contribution < -0.4 is 45.9 Å². The van der Waals surface area contributed by atoms with Crippen molar-refractivity contribution in [2.75, 3.05) is 170 Å². The van der Waals surface area contributed by atoms with Gasteiger partial charge in [0.25, 0.3) is 0 Å². The minimum atomic E-state index is 0.638. The molecule has 0 bridgehead atoms. The van der Waals surface area contributed by atoms with Gasteiger partial charge in [-0.2, -0.15) is 0 Å². The highest BCUT2D eigenvalue weighted by Gasteiger charge is 2.15. The van der Waals surface area contributed by atoms with E-state index < -0.39 is 0 Å². The van der Waals surface area contributed by atoms with E-state index in [4.69, 9.17) is 45.9 Å². The summed E-state index contributed by atoms with van der Waals surface area (Å²) in [4.78, 5) is 14.5. The smallest absolute Gasteiger partial charge is 0.0110 e. The van der Waals surface area contributed by atoms with Crippen molar-refractivity contribution in [1.82, 2.24) is 29.4 Å². The average Bonchev–Trinajstić information content (AvgIpc) is 2.94. The monoisotopic (exact) mass is 577 g/mol. The Labute approximate surface area is 245 Å². The molecule has 0 saturated heterocycles. The van der Waals surface area contributed by atoms with Gasteiger partial charge in [0, 0.05) is 170 Å². The number of nitrogens with zero attached hydrogens (tertiary/aromatic N) is 6. The number of hydrogen-bond acceptors (Lipinski definition) is 14. The minimum Gasteiger partial charge on any atom is -0.329 e. The maximum Gasteiger partial charge on any atom is 0.0110 e. The van der Waals surface area contributed by atoms with E-state index in [0.29, 0.717) is 52.4 Å². The lowest BCUT2D eigenvalue weighted by Gasteiger charge is -2.33. The van der Waals surface area contributed by atoms with Gasteiger partial charge in [-0.25, -0.2) is 0 Å². The third-order valence-electron chi connectivity index (χ3n) is 7.22. The van der Waals surface area contributed by atoms with Crippen molar-refractivity contribution in [2.45, 2.75) is 0 Å². The molecule has 0 rings (SSSR count). The Kier molecular flexibility index (Phi) is 28.2. The Morgan fingerprint density at radius 2 is 0.275 bits per heavy atom. The van der Waals surface area contributed by atoms with Crippen LogP contribution in [0.4, 0.5) is 0 Å². The largest absolute Gasteiger partial charge is 0.329 e. The van der Waals surface area contributed by atoms with E-state index in [1.54, 1.807) is 0 Å². The molecule has 0 fully saturated rings. The van der Waals surface area contributed by atoms with Crippen molar-refractivity contribution in [3.8, 4) is 0 Å². The SMILES string of the molecule is NCCN(CCN)CCN(CCN(CCN)CCN)CCN(CCN(CCN)CCN)CCN(CCN)CCN. The molecule has 0 heterocycles. The molecule has 0 aliphatic heterocycles. The molecule has 14 heteroatoms. The maximum absolute atomic E-state index is 5.86. The van der Waals surface area contributed by atoms with E-state index in [1.807, 2.05) is 0 Å². The molecule has 0 aromatic rings. The Morgan fingerprint density at radius 3 is 0.375 bits per heavy atom. The first-order chi connectivity index (χ1) is 19.5. The molecular formula is C26H68N14. The van der Waals surface area contributed by atoms with Crippen LogP contribution >= 0.6 is 0 Å². The van der Waals surface area contributed by atoms with E-state index in [9.17, 15) is 0 Å². The van der Waals surface area contributed by atoms with Crippen LogP contribution in [0.3, 0.4) is 0 Å². The van der Waals surface area contributed by atoms with Crippen LogP contribution in [0.5, 0.6) is 0 Å². The molecule has 242 valence electrons. The second-order valence-corrected chi connectivity index (χ2v) is 10.4. The summed E-state index contributed by atoms with van der Waals surface area (Å²) in [6, 6.07) is 0. The van der Waals surface area contributed by atoms with Crippen LogP contribution in [-0.4, -0.2) is 200 Å². The fourth-order valence-corrected chi connectivity index (χ4v) is 4.89. The van der Waals surface area contributed by atoms with Crippen molar-refractivity contribution in [2.24, 2.45) is 45.9 Å². The molecule has 0 amide bonds. The van der Waals surface area contributed by atoms with E-state index >= 15 is 0 Å². The Balaban J connectivity index is 5.43. The molecule has 40 heavy (non-hydrogen) atoms. The van der Waals surface area contributed by atoms with E-state index in [0.717, 1.165) is 118 Å². The molecule has 0 spiro atoms. The van der Waals surface area contributed by atoms with Crippen molar-refractivity contribution >= 4 is 0 Å². The van der Waals surface area contributed by atoms with Crippen LogP contribution in [-0.2, 0) is 0 Å². The highest BCUT2D eigenvalue weighted by molar-refractivity contribution is 4.73. The summed E-state index contributed by atoms with van der Waals surface area (Å²) in [5.74, 6) is 0. The quantitative estimate of drug-likeness (QED) is 0.0385. The van der Waals surface area contributed by atoms with Crippen LogP contribution in [0.1, 0.15) is 0 Å². The van der Waals surface area contributed by atoms with Gasteiger partial charge < -0.3 is 45.9 Å². The standard InChI is InChI=1S/C26H68N14/c27-1-9-35(10-2-28)17-21-39(22-18-36(11-3-29)12-4-30)25-26-40(23-19-37(13-5-31)14-6-32)24-20-38(15-7-33)16-8-34/h1-34H2. The van der Waals surface area contributed by atoms with Crippen LogP contribution in [0.15, 0.2) is 0 Å². The molecule has 0 saturated carbocycles. The van der Waals surface area contributed by atoms with Crippen molar-refractivity contribution < 1.29 is 0 Å². The van der Waals surface area contributed by atoms with Crippen molar-refractivity contribution in [1.29, 1.82) is 0 Å². The Hall–Kier alpha value is -0.560. The zero-order valence-electron chi connectivity index (χ0n) is 25.7. The fraction of sp³-hybridized carbons (Fsp3) is 1.00. The summed E-state index contributed by atoms with van der Waals surface area (Å²) in [6.07, 6.45) is 0. The molecular weight excluding hydrogens is 508 g/mol. The van der Waals surface area contributed by atoms with Crippen LogP contribution in [0.2, 0.25) is 0 Å². The van der Waals surface area contributed by atoms with Crippen molar-refractivity contribution in [3.05, 3.63) is 0 Å². The fourth-order valence-electron chi connectivity index (χ4n) is 4.89. The molecule has 0 aliphatic rings. The van der Waals surface area contributed by atoms with E-state index in [1.165, 1.54) is 0 Å². The van der Waals surface area contributed by atoms with Gasteiger partial charge in [-0.3, -0.25) is 29.4 Å². The minimum absolute atomic E-state index is 0.638. The first-order valence-corrected chi connectivity index (χ1v) is 15.5. The molecule has 0 aliphatic carbocycles. The summed E-state index contributed by atoms with van der Waals surface area (Å²) in [5.41, 5.74) is 46.9. The molecule has 0 atom stereocenters. The molecule has 0 unspecified atom stereocenters. The van der Waals surface area contributed by atoms with Gasteiger partial charge in [0.2, 0.25) is 0 Å². The van der Waals surface area contributed by atoms with Gasteiger partial charge in [-0.1, -0.05) is 0 Å². The first-order valence-electron chi connectivity index (χ1n) is 15.5. The van der Waals surface area contributed by atoms with Gasteiger partial charge in [-0.15, -0.1) is 0 Å². The lowest BCUT2D eigenvalue weighted by Crippen LogP contribution is -2.48. The van der Waals surface area contributed by atoms with Crippen LogP contribution in [0.25, 0.3) is 0 Å². The van der Waals surface area contributed by atoms with Gasteiger partial charge in [0.15, 0.2) is 0 Å². The van der Waals surface area contributed by atoms with Crippen LogP contribution in [0, 0.1) is 0 Å². The number of nitrogens with two attached hydrogens (primary N) is 8. The third-order valence-corrected chi connectivity index (χ3v) is 7.22. The topological polar surface area (TPSA) is 228 Å². The molecule has 0 aromatic heterocycles. The van der Waals surface area contributed by atoms with Gasteiger partial charge in [0.1, 0.15) is 0 Å². The van der Waals surface area contributed by atoms with Gasteiger partial charge in [-0.05, 0) is 0 Å². The first kappa shape index (κ1) is 39.4. The predicted molar refractivity (Wildman–Crippen MR) is 171 cm³/mol. The van der Waals surface area contributed by atoms with Gasteiger partial charge in [0.05, 0.1) is 0 Å². The predicted octanol–water partition coefficient (Wildman–Crippen LogP) is -5.53. The summed E-state index contributed by atoms with van der Waals surface area (Å²) >= 11 is 0. The van der Waals surface area contributed by atoms with E-state index in [2.05, 4.69) is 29.4 Å².